The zero-order valence-electron chi connectivity index (χ0n) is 17.0. The number of nitrogens with one attached hydrogen (secondary N) is 2. The molecule has 8 heteroatoms. The van der Waals surface area contributed by atoms with E-state index in [0.717, 1.165) is 13.0 Å². The summed E-state index contributed by atoms with van der Waals surface area (Å²) in [5.41, 5.74) is 1.91. The molecule has 0 spiro atoms. The number of carbonyl (C=O) groups is 1. The molecule has 0 saturated carbocycles. The topological polar surface area (TPSA) is 94.1 Å². The van der Waals surface area contributed by atoms with Crippen molar-refractivity contribution in [3.63, 3.8) is 0 Å². The predicted molar refractivity (Wildman–Crippen MR) is 119 cm³/mol. The van der Waals surface area contributed by atoms with E-state index in [-0.39, 0.29) is 37.6 Å². The normalized spacial score (nSPS) is 23.1. The van der Waals surface area contributed by atoms with Crippen molar-refractivity contribution < 1.29 is 19.7 Å². The zero-order valence-corrected chi connectivity index (χ0v) is 17.8. The molecule has 4 atom stereocenters. The number of hydrogen-bond donors (Lipinski definition) is 4. The first kappa shape index (κ1) is 24.1. The fourth-order valence-corrected chi connectivity index (χ4v) is 3.68. The second-order valence-corrected chi connectivity index (χ2v) is 7.29. The number of nitrogens with zero attached hydrogens (tertiary/aromatic N) is 1. The number of para-hydroxylation sites is 1. The molecular weight excluding hydrogens is 406 g/mol. The number of ether oxygens (including phenoxy) is 1. The van der Waals surface area contributed by atoms with E-state index in [0.29, 0.717) is 5.69 Å². The maximum atomic E-state index is 12.2. The number of aliphatic hydroxyl groups is 2. The van der Waals surface area contributed by atoms with E-state index in [1.807, 2.05) is 48.3 Å². The highest BCUT2D eigenvalue weighted by atomic mass is 35.5. The van der Waals surface area contributed by atoms with Crippen LogP contribution in [0.25, 0.3) is 0 Å². The summed E-state index contributed by atoms with van der Waals surface area (Å²) in [5, 5.41) is 25.7. The van der Waals surface area contributed by atoms with Gasteiger partial charge in [-0.15, -0.1) is 12.4 Å². The van der Waals surface area contributed by atoms with E-state index < -0.39 is 18.3 Å². The van der Waals surface area contributed by atoms with E-state index in [2.05, 4.69) is 22.8 Å². The van der Waals surface area contributed by atoms with Crippen LogP contribution in [0.5, 0.6) is 0 Å². The summed E-state index contributed by atoms with van der Waals surface area (Å²) < 4.78 is 5.83. The summed E-state index contributed by atoms with van der Waals surface area (Å²) in [6, 6.07) is 18.6. The molecule has 0 bridgehead atoms. The Labute approximate surface area is 183 Å². The van der Waals surface area contributed by atoms with Gasteiger partial charge in [-0.05, 0) is 31.2 Å². The molecule has 0 aliphatic carbocycles. The van der Waals surface area contributed by atoms with Gasteiger partial charge >= 0.3 is 6.03 Å². The summed E-state index contributed by atoms with van der Waals surface area (Å²) in [6.45, 7) is 0.684. The first-order chi connectivity index (χ1) is 14.1. The van der Waals surface area contributed by atoms with Crippen LogP contribution in [0.4, 0.5) is 10.5 Å². The van der Waals surface area contributed by atoms with E-state index in [9.17, 15) is 15.0 Å². The van der Waals surface area contributed by atoms with E-state index >= 15 is 0 Å². The Kier molecular flexibility index (Phi) is 9.55. The number of carbonyl (C=O) groups excluding carboxylic acids is 1. The van der Waals surface area contributed by atoms with Gasteiger partial charge in [-0.1, -0.05) is 48.5 Å². The van der Waals surface area contributed by atoms with Crippen LogP contribution in [-0.2, 0) is 11.2 Å². The summed E-state index contributed by atoms with van der Waals surface area (Å²) in [6.07, 6.45) is -1.09. The molecule has 0 aromatic heterocycles. The third kappa shape index (κ3) is 6.42. The number of hydrogen-bond acceptors (Lipinski definition) is 5. The van der Waals surface area contributed by atoms with Gasteiger partial charge in [-0.2, -0.15) is 0 Å². The van der Waals surface area contributed by atoms with Crippen LogP contribution in [0.1, 0.15) is 5.56 Å². The van der Waals surface area contributed by atoms with Crippen LogP contribution in [0.15, 0.2) is 60.7 Å². The van der Waals surface area contributed by atoms with Crippen molar-refractivity contribution in [2.45, 2.75) is 30.8 Å². The Morgan fingerprint density at radius 1 is 1.07 bits per heavy atom. The second-order valence-electron chi connectivity index (χ2n) is 7.29. The molecule has 2 aromatic rings. The Balaban J connectivity index is 0.00000320. The van der Waals surface area contributed by atoms with Crippen molar-refractivity contribution >= 4 is 24.1 Å². The Bertz CT molecular complexity index is 765. The van der Waals surface area contributed by atoms with Crippen LogP contribution < -0.4 is 10.6 Å². The van der Waals surface area contributed by atoms with Gasteiger partial charge in [0.1, 0.15) is 12.2 Å². The standard InChI is InChI=1S/C22H29N3O4.ClH/c1-25(13-12-16-8-4-2-5-9-16)20-18(29-19(15-26)21(20)27)14-23-22(28)24-17-10-6-3-7-11-17;/h2-11,18-21,26-27H,12-15H2,1H3,(H2,23,24,28);1H/t18-,19+,20+,21-;/m1./s1. The zero-order chi connectivity index (χ0) is 20.6. The lowest BCUT2D eigenvalue weighted by atomic mass is 10.0. The number of halogens is 1. The maximum absolute atomic E-state index is 12.2. The highest BCUT2D eigenvalue weighted by Crippen LogP contribution is 2.25. The quantitative estimate of drug-likeness (QED) is 0.508. The van der Waals surface area contributed by atoms with Gasteiger partial charge in [0.25, 0.3) is 0 Å². The van der Waals surface area contributed by atoms with Crippen LogP contribution in [-0.4, -0.2) is 72.2 Å². The Morgan fingerprint density at radius 2 is 1.70 bits per heavy atom. The van der Waals surface area contributed by atoms with Crippen LogP contribution in [0, 0.1) is 0 Å². The number of rotatable bonds is 8. The fourth-order valence-electron chi connectivity index (χ4n) is 3.68. The number of aliphatic hydroxyl groups excluding tert-OH is 2. The molecule has 1 saturated heterocycles. The lowest BCUT2D eigenvalue weighted by Crippen LogP contribution is -2.50. The number of anilines is 1. The molecule has 3 rings (SSSR count). The summed E-state index contributed by atoms with van der Waals surface area (Å²) in [4.78, 5) is 14.2. The van der Waals surface area contributed by atoms with Gasteiger partial charge in [0.15, 0.2) is 0 Å². The number of benzene rings is 2. The largest absolute Gasteiger partial charge is 0.394 e. The van der Waals surface area contributed by atoms with Crippen molar-refractivity contribution in [1.29, 1.82) is 0 Å². The lowest BCUT2D eigenvalue weighted by Gasteiger charge is -2.30. The molecule has 7 nitrogen and oxygen atoms in total. The van der Waals surface area contributed by atoms with Crippen molar-refractivity contribution in [3.05, 3.63) is 66.2 Å². The molecule has 4 N–H and O–H groups in total. The smallest absolute Gasteiger partial charge is 0.319 e. The van der Waals surface area contributed by atoms with Crippen LogP contribution in [0.3, 0.4) is 0 Å². The molecule has 0 radical (unpaired) electrons. The molecule has 2 amide bonds. The van der Waals surface area contributed by atoms with Crippen molar-refractivity contribution in [2.24, 2.45) is 0 Å². The Morgan fingerprint density at radius 3 is 2.33 bits per heavy atom. The summed E-state index contributed by atoms with van der Waals surface area (Å²) >= 11 is 0. The second kappa shape index (κ2) is 11.9. The first-order valence-electron chi connectivity index (χ1n) is 9.87. The summed E-state index contributed by atoms with van der Waals surface area (Å²) in [5.74, 6) is 0. The molecule has 2 aromatic carbocycles. The first-order valence-corrected chi connectivity index (χ1v) is 9.87. The number of urea groups is 1. The van der Waals surface area contributed by atoms with Gasteiger partial charge in [-0.25, -0.2) is 4.79 Å². The molecular formula is C22H30ClN3O4. The third-order valence-corrected chi connectivity index (χ3v) is 5.24. The maximum Gasteiger partial charge on any atom is 0.319 e. The third-order valence-electron chi connectivity index (χ3n) is 5.24. The van der Waals surface area contributed by atoms with Crippen LogP contribution >= 0.6 is 12.4 Å². The van der Waals surface area contributed by atoms with Gasteiger partial charge in [-0.3, -0.25) is 4.90 Å². The number of likely N-dealkylation sites (N-methyl/N-ethyl adjacent to an activating group) is 1. The minimum atomic E-state index is -0.829. The highest BCUT2D eigenvalue weighted by Gasteiger charge is 2.45. The molecule has 1 aliphatic rings. The average molecular weight is 436 g/mol. The molecule has 30 heavy (non-hydrogen) atoms. The molecule has 1 fully saturated rings. The van der Waals surface area contributed by atoms with Crippen molar-refractivity contribution in [3.8, 4) is 0 Å². The molecule has 0 unspecified atom stereocenters. The van der Waals surface area contributed by atoms with Crippen molar-refractivity contribution in [1.82, 2.24) is 10.2 Å². The summed E-state index contributed by atoms with van der Waals surface area (Å²) in [7, 11) is 1.93. The van der Waals surface area contributed by atoms with E-state index in [4.69, 9.17) is 4.74 Å². The molecule has 1 heterocycles. The van der Waals surface area contributed by atoms with Crippen molar-refractivity contribution in [2.75, 3.05) is 32.1 Å². The molecule has 164 valence electrons. The highest BCUT2D eigenvalue weighted by molar-refractivity contribution is 5.89. The lowest BCUT2D eigenvalue weighted by molar-refractivity contribution is -0.0205. The van der Waals surface area contributed by atoms with Gasteiger partial charge in [0, 0.05) is 18.8 Å². The monoisotopic (exact) mass is 435 g/mol. The minimum Gasteiger partial charge on any atom is -0.394 e. The fraction of sp³-hybridized carbons (Fsp3) is 0.409. The number of amides is 2. The Hall–Kier alpha value is -2.16. The average Bonchev–Trinajstić information content (AvgIpc) is 3.07. The van der Waals surface area contributed by atoms with Gasteiger partial charge < -0.3 is 25.6 Å². The minimum absolute atomic E-state index is 0. The van der Waals surface area contributed by atoms with Gasteiger partial charge in [0.2, 0.25) is 0 Å². The van der Waals surface area contributed by atoms with E-state index in [1.165, 1.54) is 5.56 Å². The molecule has 1 aliphatic heterocycles. The van der Waals surface area contributed by atoms with Gasteiger partial charge in [0.05, 0.1) is 18.8 Å². The van der Waals surface area contributed by atoms with E-state index in [1.54, 1.807) is 12.1 Å². The SMILES string of the molecule is CN(CCc1ccccc1)[C@@H]1[C@H](O)[C@H](CO)O[C@@H]1CNC(=O)Nc1ccccc1.Cl. The predicted octanol–water partition coefficient (Wildman–Crippen LogP) is 1.89. The van der Waals surface area contributed by atoms with Crippen LogP contribution in [0.2, 0.25) is 0 Å².